The Morgan fingerprint density at radius 1 is 1.24 bits per heavy atom. The summed E-state index contributed by atoms with van der Waals surface area (Å²) in [6.45, 7) is 5.14. The lowest BCUT2D eigenvalue weighted by atomic mass is 10.1. The van der Waals surface area contributed by atoms with Gasteiger partial charge in [-0.1, -0.05) is 6.07 Å². The molecular formula is C21H31N3O5. The normalized spacial score (nSPS) is 26.2. The van der Waals surface area contributed by atoms with Crippen molar-refractivity contribution in [1.29, 1.82) is 0 Å². The summed E-state index contributed by atoms with van der Waals surface area (Å²) < 4.78 is 17.2. The van der Waals surface area contributed by atoms with E-state index in [1.54, 1.807) is 7.11 Å². The number of carbonyl (C=O) groups excluding carboxylic acids is 1. The topological polar surface area (TPSA) is 83.5 Å². The number of rotatable bonds is 8. The van der Waals surface area contributed by atoms with Gasteiger partial charge in [-0.05, 0) is 30.5 Å². The maximum atomic E-state index is 11.6. The Morgan fingerprint density at radius 2 is 2.03 bits per heavy atom. The lowest BCUT2D eigenvalue weighted by Gasteiger charge is -2.33. The van der Waals surface area contributed by atoms with Crippen molar-refractivity contribution in [2.24, 2.45) is 0 Å². The molecule has 0 aromatic heterocycles. The molecule has 0 saturated carbocycles. The van der Waals surface area contributed by atoms with Gasteiger partial charge in [0.05, 0.1) is 25.9 Å². The van der Waals surface area contributed by atoms with Crippen molar-refractivity contribution in [1.82, 2.24) is 15.1 Å². The van der Waals surface area contributed by atoms with E-state index in [0.29, 0.717) is 49.9 Å². The molecule has 160 valence electrons. The monoisotopic (exact) mass is 405 g/mol. The summed E-state index contributed by atoms with van der Waals surface area (Å²) >= 11 is 0. The quantitative estimate of drug-likeness (QED) is 0.641. The van der Waals surface area contributed by atoms with E-state index >= 15 is 0 Å². The molecule has 1 aromatic carbocycles. The van der Waals surface area contributed by atoms with Gasteiger partial charge in [-0.2, -0.15) is 0 Å². The number of nitrogens with one attached hydrogen (secondary N) is 1. The largest absolute Gasteiger partial charge is 0.493 e. The molecule has 3 fully saturated rings. The summed E-state index contributed by atoms with van der Waals surface area (Å²) in [5, 5.41) is 13.3. The molecular weight excluding hydrogens is 374 g/mol. The summed E-state index contributed by atoms with van der Waals surface area (Å²) in [6.07, 6.45) is 2.30. The van der Waals surface area contributed by atoms with Crippen LogP contribution in [0.5, 0.6) is 11.5 Å². The van der Waals surface area contributed by atoms with Crippen LogP contribution in [0.4, 0.5) is 0 Å². The number of ether oxygens (including phenoxy) is 3. The van der Waals surface area contributed by atoms with Crippen molar-refractivity contribution in [3.8, 4) is 11.5 Å². The van der Waals surface area contributed by atoms with E-state index in [0.717, 1.165) is 38.0 Å². The first-order valence-corrected chi connectivity index (χ1v) is 10.4. The number of carbonyl (C=O) groups is 1. The molecule has 2 bridgehead atoms. The van der Waals surface area contributed by atoms with Gasteiger partial charge in [0.25, 0.3) is 0 Å². The van der Waals surface area contributed by atoms with Gasteiger partial charge in [0, 0.05) is 39.3 Å². The first-order valence-electron chi connectivity index (χ1n) is 10.4. The number of fused-ring (bicyclic) bond motifs is 2. The molecule has 3 heterocycles. The minimum Gasteiger partial charge on any atom is -0.493 e. The third-order valence-corrected chi connectivity index (χ3v) is 5.77. The number of hydrogen-bond acceptors (Lipinski definition) is 7. The van der Waals surface area contributed by atoms with Crippen LogP contribution < -0.4 is 14.8 Å². The molecule has 2 N–H and O–H groups in total. The van der Waals surface area contributed by atoms with Crippen LogP contribution in [0.25, 0.3) is 0 Å². The Morgan fingerprint density at radius 3 is 2.76 bits per heavy atom. The van der Waals surface area contributed by atoms with Crippen molar-refractivity contribution >= 4 is 5.91 Å². The highest BCUT2D eigenvalue weighted by atomic mass is 16.5. The highest BCUT2D eigenvalue weighted by molar-refractivity contribution is 5.78. The fraction of sp³-hybridized carbons (Fsp3) is 0.667. The molecule has 0 radical (unpaired) electrons. The zero-order valence-electron chi connectivity index (χ0n) is 17.0. The number of amides is 1. The fourth-order valence-electron chi connectivity index (χ4n) is 4.40. The van der Waals surface area contributed by atoms with E-state index in [4.69, 9.17) is 14.2 Å². The SMILES string of the molecule is COc1ccc(CN2CCNC(=O)C2)cc1OCC(O)CN1C[C@H]2CC[C@@H](C1)O2. The van der Waals surface area contributed by atoms with Gasteiger partial charge in [0.2, 0.25) is 5.91 Å². The maximum absolute atomic E-state index is 11.6. The highest BCUT2D eigenvalue weighted by Crippen LogP contribution is 2.29. The van der Waals surface area contributed by atoms with Crippen molar-refractivity contribution < 1.29 is 24.1 Å². The van der Waals surface area contributed by atoms with Crippen LogP contribution in [0.3, 0.4) is 0 Å². The van der Waals surface area contributed by atoms with Crippen LogP contribution in [0.1, 0.15) is 18.4 Å². The average Bonchev–Trinajstić information content (AvgIpc) is 3.05. The third-order valence-electron chi connectivity index (χ3n) is 5.77. The van der Waals surface area contributed by atoms with E-state index in [9.17, 15) is 9.90 Å². The van der Waals surface area contributed by atoms with Crippen LogP contribution in [0.2, 0.25) is 0 Å². The second-order valence-electron chi connectivity index (χ2n) is 8.19. The molecule has 0 spiro atoms. The minimum absolute atomic E-state index is 0.0564. The van der Waals surface area contributed by atoms with Crippen molar-refractivity contribution in [2.75, 3.05) is 53.0 Å². The molecule has 8 heteroatoms. The lowest BCUT2D eigenvalue weighted by molar-refractivity contribution is -0.124. The molecule has 1 unspecified atom stereocenters. The highest BCUT2D eigenvalue weighted by Gasteiger charge is 2.34. The van der Waals surface area contributed by atoms with Gasteiger partial charge in [-0.25, -0.2) is 0 Å². The van der Waals surface area contributed by atoms with Crippen molar-refractivity contribution in [3.63, 3.8) is 0 Å². The molecule has 1 aromatic rings. The van der Waals surface area contributed by atoms with E-state index < -0.39 is 6.10 Å². The number of piperazine rings is 1. The van der Waals surface area contributed by atoms with Gasteiger partial charge in [0.15, 0.2) is 11.5 Å². The Bertz CT molecular complexity index is 704. The summed E-state index contributed by atoms with van der Waals surface area (Å²) in [5.74, 6) is 1.32. The predicted molar refractivity (Wildman–Crippen MR) is 107 cm³/mol. The molecule has 4 rings (SSSR count). The van der Waals surface area contributed by atoms with Crippen LogP contribution in [0.15, 0.2) is 18.2 Å². The van der Waals surface area contributed by atoms with E-state index in [1.165, 1.54) is 0 Å². The van der Waals surface area contributed by atoms with Crippen molar-refractivity contribution in [2.45, 2.75) is 37.7 Å². The molecule has 3 aliphatic rings. The van der Waals surface area contributed by atoms with Crippen molar-refractivity contribution in [3.05, 3.63) is 23.8 Å². The summed E-state index contributed by atoms with van der Waals surface area (Å²) in [4.78, 5) is 16.0. The van der Waals surface area contributed by atoms with Gasteiger partial charge in [-0.3, -0.25) is 14.6 Å². The summed E-state index contributed by atoms with van der Waals surface area (Å²) in [7, 11) is 1.61. The molecule has 3 atom stereocenters. The summed E-state index contributed by atoms with van der Waals surface area (Å²) in [6, 6.07) is 5.80. The molecule has 3 saturated heterocycles. The fourth-order valence-corrected chi connectivity index (χ4v) is 4.40. The third kappa shape index (κ3) is 5.39. The number of nitrogens with zero attached hydrogens (tertiary/aromatic N) is 2. The number of β-amino-alcohol motifs (C(OH)–C–C–N with tert-alkyl or cyclic N) is 1. The molecule has 29 heavy (non-hydrogen) atoms. The Kier molecular flexibility index (Phi) is 6.54. The number of aliphatic hydroxyl groups is 1. The smallest absolute Gasteiger partial charge is 0.234 e. The number of morpholine rings is 1. The van der Waals surface area contributed by atoms with Crippen LogP contribution in [-0.4, -0.2) is 92.1 Å². The minimum atomic E-state index is -0.577. The van der Waals surface area contributed by atoms with Crippen LogP contribution in [-0.2, 0) is 16.1 Å². The molecule has 3 aliphatic heterocycles. The number of benzene rings is 1. The zero-order valence-corrected chi connectivity index (χ0v) is 17.0. The summed E-state index contributed by atoms with van der Waals surface area (Å²) in [5.41, 5.74) is 1.05. The lowest BCUT2D eigenvalue weighted by Crippen LogP contribution is -2.47. The molecule has 0 aliphatic carbocycles. The first kappa shape index (κ1) is 20.4. The average molecular weight is 405 g/mol. The van der Waals surface area contributed by atoms with E-state index in [1.807, 2.05) is 18.2 Å². The Hall–Kier alpha value is -1.87. The standard InChI is InChI=1S/C21H31N3O5/c1-27-19-5-2-15(9-23-7-6-22-21(26)13-23)8-20(19)28-14-16(25)10-24-11-17-3-4-18(12-24)29-17/h2,5,8,16-18,25H,3-4,6-7,9-14H2,1H3,(H,22,26)/t16?,17-,18+. The van der Waals surface area contributed by atoms with Crippen LogP contribution >= 0.6 is 0 Å². The van der Waals surface area contributed by atoms with Gasteiger partial charge >= 0.3 is 0 Å². The number of hydrogen-bond donors (Lipinski definition) is 2. The number of likely N-dealkylation sites (tertiary alicyclic amines) is 1. The second-order valence-corrected chi connectivity index (χ2v) is 8.19. The second kappa shape index (κ2) is 9.30. The molecule has 8 nitrogen and oxygen atoms in total. The first-order chi connectivity index (χ1) is 14.1. The number of methoxy groups -OCH3 is 1. The van der Waals surface area contributed by atoms with E-state index in [2.05, 4.69) is 15.1 Å². The van der Waals surface area contributed by atoms with Gasteiger partial charge in [0.1, 0.15) is 12.7 Å². The maximum Gasteiger partial charge on any atom is 0.234 e. The Balaban J connectivity index is 1.31. The zero-order chi connectivity index (χ0) is 20.2. The van der Waals surface area contributed by atoms with Crippen LogP contribution in [0, 0.1) is 0 Å². The predicted octanol–water partition coefficient (Wildman–Crippen LogP) is 0.230. The Labute approximate surface area is 171 Å². The molecule has 1 amide bonds. The van der Waals surface area contributed by atoms with Gasteiger partial charge in [-0.15, -0.1) is 0 Å². The number of aliphatic hydroxyl groups excluding tert-OH is 1. The van der Waals surface area contributed by atoms with Gasteiger partial charge < -0.3 is 24.6 Å². The van der Waals surface area contributed by atoms with E-state index in [-0.39, 0.29) is 12.5 Å².